The van der Waals surface area contributed by atoms with Crippen LogP contribution in [0.3, 0.4) is 0 Å². The average Bonchev–Trinajstić information content (AvgIpc) is 3.47. The Bertz CT molecular complexity index is 1280. The predicted molar refractivity (Wildman–Crippen MR) is 111 cm³/mol. The first-order chi connectivity index (χ1) is 15.6. The summed E-state index contributed by atoms with van der Waals surface area (Å²) >= 11 is 0. The van der Waals surface area contributed by atoms with E-state index in [1.54, 1.807) is 16.8 Å². The van der Waals surface area contributed by atoms with Crippen molar-refractivity contribution in [1.82, 2.24) is 30.0 Å². The lowest BCUT2D eigenvalue weighted by Gasteiger charge is -2.26. The van der Waals surface area contributed by atoms with Crippen molar-refractivity contribution in [2.75, 3.05) is 13.1 Å². The number of amides is 1. The minimum Gasteiger partial charge on any atom is -0.343 e. The van der Waals surface area contributed by atoms with Gasteiger partial charge in [0, 0.05) is 30.6 Å². The fourth-order valence-corrected chi connectivity index (χ4v) is 3.87. The Morgan fingerprint density at radius 2 is 1.81 bits per heavy atom. The minimum absolute atomic E-state index is 0.0823. The van der Waals surface area contributed by atoms with E-state index in [-0.39, 0.29) is 17.4 Å². The van der Waals surface area contributed by atoms with Gasteiger partial charge in [-0.25, -0.2) is 13.5 Å². The Morgan fingerprint density at radius 1 is 1.00 bits per heavy atom. The number of hydrogen-bond acceptors (Lipinski definition) is 6. The van der Waals surface area contributed by atoms with Crippen LogP contribution < -0.4 is 0 Å². The Hall–Kier alpha value is -3.69. The summed E-state index contributed by atoms with van der Waals surface area (Å²) in [6.45, 7) is 2.11. The number of hydrogen-bond donors (Lipinski definition) is 0. The minimum atomic E-state index is -0.987. The van der Waals surface area contributed by atoms with Crippen molar-refractivity contribution in [2.45, 2.75) is 32.2 Å². The molecule has 1 fully saturated rings. The summed E-state index contributed by atoms with van der Waals surface area (Å²) in [6.07, 6.45) is 3.69. The smallest absolute Gasteiger partial charge is 0.258 e. The van der Waals surface area contributed by atoms with Gasteiger partial charge in [0.25, 0.3) is 5.89 Å². The molecule has 2 aromatic heterocycles. The van der Waals surface area contributed by atoms with E-state index in [1.165, 1.54) is 12.5 Å². The van der Waals surface area contributed by atoms with Gasteiger partial charge in [-0.3, -0.25) is 4.79 Å². The average molecular weight is 438 g/mol. The van der Waals surface area contributed by atoms with Gasteiger partial charge in [0.15, 0.2) is 11.6 Å². The van der Waals surface area contributed by atoms with Crippen molar-refractivity contribution in [1.29, 1.82) is 0 Å². The van der Waals surface area contributed by atoms with Gasteiger partial charge in [0.1, 0.15) is 5.52 Å². The summed E-state index contributed by atoms with van der Waals surface area (Å²) in [4.78, 5) is 18.6. The molecule has 1 aliphatic rings. The monoisotopic (exact) mass is 438 g/mol. The quantitative estimate of drug-likeness (QED) is 0.471. The number of aryl methyl sites for hydroxylation is 1. The Labute approximate surface area is 181 Å². The highest BCUT2D eigenvalue weighted by molar-refractivity contribution is 5.80. The molecule has 1 saturated heterocycles. The largest absolute Gasteiger partial charge is 0.343 e. The molecule has 0 radical (unpaired) electrons. The second kappa shape index (κ2) is 8.45. The van der Waals surface area contributed by atoms with E-state index < -0.39 is 11.6 Å². The number of piperidine rings is 1. The van der Waals surface area contributed by atoms with Crippen molar-refractivity contribution in [3.05, 3.63) is 48.0 Å². The van der Waals surface area contributed by atoms with Gasteiger partial charge in [0.05, 0.1) is 12.1 Å². The molecule has 1 amide bonds. The van der Waals surface area contributed by atoms with E-state index in [2.05, 4.69) is 20.5 Å². The number of likely N-dealkylation sites (tertiary alicyclic amines) is 1. The number of carbonyl (C=O) groups excluding carboxylic acids is 1. The number of benzene rings is 2. The molecule has 0 atom stereocenters. The highest BCUT2D eigenvalue weighted by Crippen LogP contribution is 2.25. The zero-order valence-electron chi connectivity index (χ0n) is 17.2. The fourth-order valence-electron chi connectivity index (χ4n) is 3.87. The van der Waals surface area contributed by atoms with E-state index in [1.807, 2.05) is 11.0 Å². The number of fused-ring (bicyclic) bond motifs is 1. The summed E-state index contributed by atoms with van der Waals surface area (Å²) in [7, 11) is 0. The summed E-state index contributed by atoms with van der Waals surface area (Å²) < 4.78 is 33.6. The van der Waals surface area contributed by atoms with Gasteiger partial charge >= 0.3 is 0 Å². The van der Waals surface area contributed by atoms with Crippen LogP contribution in [0, 0.1) is 11.6 Å². The molecule has 0 saturated carbocycles. The van der Waals surface area contributed by atoms with Crippen LogP contribution in [0.2, 0.25) is 0 Å². The lowest BCUT2D eigenvalue weighted by atomic mass is 10.1. The highest BCUT2D eigenvalue weighted by Gasteiger charge is 2.18. The molecule has 0 unspecified atom stereocenters. The first-order valence-corrected chi connectivity index (χ1v) is 10.5. The third-order valence-electron chi connectivity index (χ3n) is 5.61. The molecule has 8 nitrogen and oxygen atoms in total. The SMILES string of the molecule is O=C(CCn1nnc2cc(-c3noc(-c4ccc(F)c(F)c4)n3)ccc21)N1CCCCC1. The lowest BCUT2D eigenvalue weighted by molar-refractivity contribution is -0.132. The number of halogens is 2. The molecule has 32 heavy (non-hydrogen) atoms. The van der Waals surface area contributed by atoms with Crippen molar-refractivity contribution >= 4 is 16.9 Å². The first-order valence-electron chi connectivity index (χ1n) is 10.5. The van der Waals surface area contributed by atoms with Crippen LogP contribution in [0.5, 0.6) is 0 Å². The third-order valence-corrected chi connectivity index (χ3v) is 5.61. The Balaban J connectivity index is 1.32. The van der Waals surface area contributed by atoms with Gasteiger partial charge in [-0.2, -0.15) is 4.98 Å². The molecule has 164 valence electrons. The van der Waals surface area contributed by atoms with Crippen molar-refractivity contribution in [3.63, 3.8) is 0 Å². The van der Waals surface area contributed by atoms with E-state index in [0.29, 0.717) is 29.9 Å². The van der Waals surface area contributed by atoms with E-state index in [4.69, 9.17) is 4.52 Å². The molecular weight excluding hydrogens is 418 g/mol. The molecule has 1 aliphatic heterocycles. The van der Waals surface area contributed by atoms with Gasteiger partial charge in [-0.15, -0.1) is 5.10 Å². The van der Waals surface area contributed by atoms with Gasteiger partial charge in [-0.05, 0) is 55.7 Å². The van der Waals surface area contributed by atoms with Crippen LogP contribution in [0.4, 0.5) is 8.78 Å². The van der Waals surface area contributed by atoms with Crippen LogP contribution in [0.25, 0.3) is 33.9 Å². The zero-order valence-corrected chi connectivity index (χ0v) is 17.2. The van der Waals surface area contributed by atoms with Crippen LogP contribution >= 0.6 is 0 Å². The summed E-state index contributed by atoms with van der Waals surface area (Å²) in [5.74, 6) is -1.42. The Kier molecular flexibility index (Phi) is 5.34. The molecular formula is C22H20F2N6O2. The first kappa shape index (κ1) is 20.2. The lowest BCUT2D eigenvalue weighted by Crippen LogP contribution is -2.36. The van der Waals surface area contributed by atoms with Crippen LogP contribution in [-0.2, 0) is 11.3 Å². The maximum absolute atomic E-state index is 13.5. The van der Waals surface area contributed by atoms with Crippen LogP contribution in [0.15, 0.2) is 40.9 Å². The fraction of sp³-hybridized carbons (Fsp3) is 0.318. The molecule has 3 heterocycles. The molecule has 5 rings (SSSR count). The maximum Gasteiger partial charge on any atom is 0.258 e. The van der Waals surface area contributed by atoms with Gasteiger partial charge < -0.3 is 9.42 Å². The molecule has 10 heteroatoms. The normalized spacial score (nSPS) is 14.2. The number of carbonyl (C=O) groups is 1. The van der Waals surface area contributed by atoms with E-state index in [9.17, 15) is 13.6 Å². The second-order valence-corrected chi connectivity index (χ2v) is 7.76. The molecule has 0 spiro atoms. The van der Waals surface area contributed by atoms with Crippen molar-refractivity contribution < 1.29 is 18.1 Å². The topological polar surface area (TPSA) is 89.9 Å². The third kappa shape index (κ3) is 3.95. The highest BCUT2D eigenvalue weighted by atomic mass is 19.2. The summed E-state index contributed by atoms with van der Waals surface area (Å²) in [6, 6.07) is 8.79. The van der Waals surface area contributed by atoms with E-state index in [0.717, 1.165) is 43.6 Å². The molecule has 0 N–H and O–H groups in total. The molecule has 0 bridgehead atoms. The van der Waals surface area contributed by atoms with Crippen LogP contribution in [-0.4, -0.2) is 49.0 Å². The number of nitrogens with zero attached hydrogens (tertiary/aromatic N) is 6. The van der Waals surface area contributed by atoms with Gasteiger partial charge in [0.2, 0.25) is 11.7 Å². The second-order valence-electron chi connectivity index (χ2n) is 7.76. The predicted octanol–water partition coefficient (Wildman–Crippen LogP) is 3.83. The standard InChI is InChI=1S/C22H20F2N6O2/c23-16-6-4-15(12-17(16)24)22-25-21(27-32-22)14-5-7-19-18(13-14)26-28-30(19)11-8-20(31)29-9-2-1-3-10-29/h4-7,12-13H,1-3,8-11H2. The van der Waals surface area contributed by atoms with E-state index >= 15 is 0 Å². The van der Waals surface area contributed by atoms with Crippen molar-refractivity contribution in [2.24, 2.45) is 0 Å². The molecule has 0 aliphatic carbocycles. The van der Waals surface area contributed by atoms with Crippen molar-refractivity contribution in [3.8, 4) is 22.8 Å². The molecule has 4 aromatic rings. The maximum atomic E-state index is 13.5. The summed E-state index contributed by atoms with van der Waals surface area (Å²) in [5, 5.41) is 12.3. The molecule has 2 aromatic carbocycles. The number of rotatable bonds is 5. The summed E-state index contributed by atoms with van der Waals surface area (Å²) in [5.41, 5.74) is 2.36. The van der Waals surface area contributed by atoms with Crippen LogP contribution in [0.1, 0.15) is 25.7 Å². The Morgan fingerprint density at radius 3 is 2.62 bits per heavy atom. The zero-order chi connectivity index (χ0) is 22.1. The van der Waals surface area contributed by atoms with Gasteiger partial charge in [-0.1, -0.05) is 10.4 Å². The number of aromatic nitrogens is 5.